The third-order valence-corrected chi connectivity index (χ3v) is 3.60. The summed E-state index contributed by atoms with van der Waals surface area (Å²) in [6.45, 7) is 1.84. The van der Waals surface area contributed by atoms with Crippen LogP contribution in [0.5, 0.6) is 17.2 Å². The quantitative estimate of drug-likeness (QED) is 0.803. The van der Waals surface area contributed by atoms with Crippen LogP contribution in [0, 0.1) is 5.92 Å². The van der Waals surface area contributed by atoms with Gasteiger partial charge in [-0.15, -0.1) is 0 Å². The molecule has 0 radical (unpaired) electrons. The Balaban J connectivity index is 2.05. The molecule has 2 aromatic rings. The molecule has 0 spiro atoms. The number of carbonyl (C=O) groups is 1. The van der Waals surface area contributed by atoms with E-state index >= 15 is 0 Å². The summed E-state index contributed by atoms with van der Waals surface area (Å²) in [6.07, 6.45) is 0.555. The number of phenols is 1. The van der Waals surface area contributed by atoms with Gasteiger partial charge in [0, 0.05) is 5.92 Å². The summed E-state index contributed by atoms with van der Waals surface area (Å²) >= 11 is 0. The van der Waals surface area contributed by atoms with Crippen LogP contribution in [0.25, 0.3) is 0 Å². The lowest BCUT2D eigenvalue weighted by atomic mass is 10.00. The SMILES string of the molecule is COc1ccc(CC(C)C(=O)Nc2ccccc2O)cc1OC. The first-order chi connectivity index (χ1) is 11.0. The molecule has 0 bridgehead atoms. The summed E-state index contributed by atoms with van der Waals surface area (Å²) in [5, 5.41) is 12.4. The summed E-state index contributed by atoms with van der Waals surface area (Å²) in [7, 11) is 3.16. The van der Waals surface area contributed by atoms with Gasteiger partial charge in [0.05, 0.1) is 19.9 Å². The number of carbonyl (C=O) groups excluding carboxylic acids is 1. The van der Waals surface area contributed by atoms with Crippen LogP contribution in [-0.4, -0.2) is 25.2 Å². The molecule has 0 saturated heterocycles. The molecule has 2 rings (SSSR count). The Morgan fingerprint density at radius 1 is 1.13 bits per heavy atom. The molecule has 2 N–H and O–H groups in total. The molecule has 0 fully saturated rings. The Labute approximate surface area is 135 Å². The fourth-order valence-corrected chi connectivity index (χ4v) is 2.29. The first-order valence-electron chi connectivity index (χ1n) is 7.35. The minimum atomic E-state index is -0.257. The van der Waals surface area contributed by atoms with Crippen LogP contribution in [0.1, 0.15) is 12.5 Å². The van der Waals surface area contributed by atoms with E-state index in [4.69, 9.17) is 9.47 Å². The summed E-state index contributed by atoms with van der Waals surface area (Å²) in [5.41, 5.74) is 1.39. The zero-order valence-electron chi connectivity index (χ0n) is 13.5. The molecule has 0 aromatic heterocycles. The van der Waals surface area contributed by atoms with Crippen LogP contribution >= 0.6 is 0 Å². The highest BCUT2D eigenvalue weighted by Gasteiger charge is 2.16. The Kier molecular flexibility index (Phi) is 5.46. The van der Waals surface area contributed by atoms with Crippen molar-refractivity contribution in [1.29, 1.82) is 0 Å². The summed E-state index contributed by atoms with van der Waals surface area (Å²) in [5.74, 6) is 0.939. The number of phenolic OH excluding ortho intramolecular Hbond substituents is 1. The van der Waals surface area contributed by atoms with E-state index in [0.29, 0.717) is 23.6 Å². The van der Waals surface area contributed by atoms with E-state index in [9.17, 15) is 9.90 Å². The number of ether oxygens (including phenoxy) is 2. The predicted molar refractivity (Wildman–Crippen MR) is 89.2 cm³/mol. The van der Waals surface area contributed by atoms with Gasteiger partial charge in [-0.2, -0.15) is 0 Å². The van der Waals surface area contributed by atoms with Gasteiger partial charge in [0.15, 0.2) is 11.5 Å². The van der Waals surface area contributed by atoms with Crippen molar-refractivity contribution in [1.82, 2.24) is 0 Å². The fraction of sp³-hybridized carbons (Fsp3) is 0.278. The fourth-order valence-electron chi connectivity index (χ4n) is 2.29. The van der Waals surface area contributed by atoms with Crippen molar-refractivity contribution < 1.29 is 19.4 Å². The first kappa shape index (κ1) is 16.7. The standard InChI is InChI=1S/C18H21NO4/c1-12(18(21)19-14-6-4-5-7-15(14)20)10-13-8-9-16(22-2)17(11-13)23-3/h4-9,11-12,20H,10H2,1-3H3,(H,19,21). The number of aromatic hydroxyl groups is 1. The second kappa shape index (κ2) is 7.54. The zero-order chi connectivity index (χ0) is 16.8. The predicted octanol–water partition coefficient (Wildman–Crippen LogP) is 3.23. The van der Waals surface area contributed by atoms with Gasteiger partial charge in [0.1, 0.15) is 5.75 Å². The van der Waals surface area contributed by atoms with E-state index in [0.717, 1.165) is 5.56 Å². The number of nitrogens with one attached hydrogen (secondary N) is 1. The number of hydrogen-bond acceptors (Lipinski definition) is 4. The van der Waals surface area contributed by atoms with Crippen molar-refractivity contribution in [3.05, 3.63) is 48.0 Å². The Morgan fingerprint density at radius 3 is 2.48 bits per heavy atom. The number of rotatable bonds is 6. The highest BCUT2D eigenvalue weighted by molar-refractivity contribution is 5.93. The van der Waals surface area contributed by atoms with E-state index in [1.54, 1.807) is 32.4 Å². The minimum Gasteiger partial charge on any atom is -0.506 e. The number of hydrogen-bond donors (Lipinski definition) is 2. The normalized spacial score (nSPS) is 11.6. The third-order valence-electron chi connectivity index (χ3n) is 3.60. The summed E-state index contributed by atoms with van der Waals surface area (Å²) < 4.78 is 10.5. The maximum absolute atomic E-state index is 12.3. The van der Waals surface area contributed by atoms with E-state index in [1.807, 2.05) is 25.1 Å². The van der Waals surface area contributed by atoms with Gasteiger partial charge in [-0.3, -0.25) is 4.79 Å². The molecule has 0 aliphatic rings. The number of amides is 1. The highest BCUT2D eigenvalue weighted by atomic mass is 16.5. The molecule has 1 amide bonds. The van der Waals surface area contributed by atoms with Gasteiger partial charge in [-0.25, -0.2) is 0 Å². The number of anilines is 1. The number of benzene rings is 2. The molecule has 1 atom stereocenters. The molecule has 5 heteroatoms. The van der Waals surface area contributed by atoms with Crippen LogP contribution in [0.4, 0.5) is 5.69 Å². The van der Waals surface area contributed by atoms with E-state index in [2.05, 4.69) is 5.32 Å². The minimum absolute atomic E-state index is 0.0548. The Bertz CT molecular complexity index is 684. The maximum atomic E-state index is 12.3. The van der Waals surface area contributed by atoms with Gasteiger partial charge in [-0.05, 0) is 36.2 Å². The second-order valence-electron chi connectivity index (χ2n) is 5.30. The van der Waals surface area contributed by atoms with Crippen LogP contribution < -0.4 is 14.8 Å². The maximum Gasteiger partial charge on any atom is 0.227 e. The second-order valence-corrected chi connectivity index (χ2v) is 5.30. The molecule has 5 nitrogen and oxygen atoms in total. The highest BCUT2D eigenvalue weighted by Crippen LogP contribution is 2.29. The van der Waals surface area contributed by atoms with Crippen molar-refractivity contribution in [3.63, 3.8) is 0 Å². The topological polar surface area (TPSA) is 67.8 Å². The average Bonchev–Trinajstić information content (AvgIpc) is 2.56. The molecule has 1 unspecified atom stereocenters. The lowest BCUT2D eigenvalue weighted by Gasteiger charge is -2.14. The van der Waals surface area contributed by atoms with Gasteiger partial charge in [-0.1, -0.05) is 25.1 Å². The third kappa shape index (κ3) is 4.16. The lowest BCUT2D eigenvalue weighted by Crippen LogP contribution is -2.22. The van der Waals surface area contributed by atoms with Gasteiger partial charge >= 0.3 is 0 Å². The molecular formula is C18H21NO4. The van der Waals surface area contributed by atoms with Crippen molar-refractivity contribution in [2.24, 2.45) is 5.92 Å². The largest absolute Gasteiger partial charge is 0.506 e. The van der Waals surface area contributed by atoms with Crippen molar-refractivity contribution in [3.8, 4) is 17.2 Å². The van der Waals surface area contributed by atoms with Gasteiger partial charge in [0.25, 0.3) is 0 Å². The molecule has 2 aromatic carbocycles. The van der Waals surface area contributed by atoms with Gasteiger partial charge in [0.2, 0.25) is 5.91 Å². The van der Waals surface area contributed by atoms with E-state index < -0.39 is 0 Å². The van der Waals surface area contributed by atoms with E-state index in [-0.39, 0.29) is 17.6 Å². The lowest BCUT2D eigenvalue weighted by molar-refractivity contribution is -0.119. The summed E-state index contributed by atoms with van der Waals surface area (Å²) in [6, 6.07) is 12.3. The number of methoxy groups -OCH3 is 2. The van der Waals surface area contributed by atoms with Crippen LogP contribution in [0.3, 0.4) is 0 Å². The molecule has 23 heavy (non-hydrogen) atoms. The van der Waals surface area contributed by atoms with Crippen molar-refractivity contribution in [2.45, 2.75) is 13.3 Å². The molecule has 122 valence electrons. The molecular weight excluding hydrogens is 294 g/mol. The molecule has 0 aliphatic heterocycles. The summed E-state index contributed by atoms with van der Waals surface area (Å²) in [4.78, 5) is 12.3. The van der Waals surface area contributed by atoms with Gasteiger partial charge < -0.3 is 19.9 Å². The van der Waals surface area contributed by atoms with Crippen LogP contribution in [0.15, 0.2) is 42.5 Å². The molecule has 0 saturated carbocycles. The monoisotopic (exact) mass is 315 g/mol. The average molecular weight is 315 g/mol. The molecule has 0 aliphatic carbocycles. The zero-order valence-corrected chi connectivity index (χ0v) is 13.5. The number of para-hydroxylation sites is 2. The molecule has 0 heterocycles. The Hall–Kier alpha value is -2.69. The Morgan fingerprint density at radius 2 is 1.83 bits per heavy atom. The van der Waals surface area contributed by atoms with E-state index in [1.165, 1.54) is 6.07 Å². The van der Waals surface area contributed by atoms with Crippen molar-refractivity contribution in [2.75, 3.05) is 19.5 Å². The van der Waals surface area contributed by atoms with Crippen molar-refractivity contribution >= 4 is 11.6 Å². The smallest absolute Gasteiger partial charge is 0.227 e. The van der Waals surface area contributed by atoms with Crippen LogP contribution in [0.2, 0.25) is 0 Å². The first-order valence-corrected chi connectivity index (χ1v) is 7.35. The van der Waals surface area contributed by atoms with Crippen LogP contribution in [-0.2, 0) is 11.2 Å².